The number of unbranched alkanes of at least 4 members (excludes halogenated alkanes) is 6. The molecule has 0 saturated heterocycles. The molecule has 0 bridgehead atoms. The first kappa shape index (κ1) is 113. The van der Waals surface area contributed by atoms with E-state index in [1.807, 2.05) is 6.92 Å². The number of carbonyl (C=O) groups excluding carboxylic acids is 19. The number of carboxylic acid groups (broad SMARTS) is 1. The lowest BCUT2D eigenvalue weighted by Crippen LogP contribution is -2.62. The minimum absolute atomic E-state index is 0.0257. The fourth-order valence-electron chi connectivity index (χ4n) is 12.9. The van der Waals surface area contributed by atoms with Gasteiger partial charge in [0.25, 0.3) is 0 Å². The Bertz CT molecular complexity index is 3540. The van der Waals surface area contributed by atoms with Crippen molar-refractivity contribution in [1.29, 1.82) is 0 Å². The first-order chi connectivity index (χ1) is 57.8. The maximum absolute atomic E-state index is 14.8. The van der Waals surface area contributed by atoms with Gasteiger partial charge in [0.05, 0.1) is 0 Å². The third-order valence-electron chi connectivity index (χ3n) is 20.0. The first-order valence-electron chi connectivity index (χ1n) is 43.6. The Morgan fingerprint density at radius 2 is 0.532 bits per heavy atom. The van der Waals surface area contributed by atoms with E-state index in [9.17, 15) is 101 Å². The van der Waals surface area contributed by atoms with Gasteiger partial charge in [-0.05, 0) is 118 Å². The van der Waals surface area contributed by atoms with Crippen LogP contribution in [-0.4, -0.2) is 209 Å². The molecule has 0 rings (SSSR count). The molecule has 0 aromatic rings. The van der Waals surface area contributed by atoms with Gasteiger partial charge in [0.15, 0.2) is 0 Å². The zero-order valence-electron chi connectivity index (χ0n) is 75.9. The zero-order chi connectivity index (χ0) is 95.0. The molecule has 0 fully saturated rings. The molecule has 0 aliphatic heterocycles. The van der Waals surface area contributed by atoms with E-state index in [0.717, 1.165) is 38.5 Å². The Labute approximate surface area is 729 Å². The molecule has 14 atom stereocenters. The number of nitrogens with one attached hydrogen (secondary N) is 13. The van der Waals surface area contributed by atoms with E-state index in [1.54, 1.807) is 76.2 Å². The molecule has 0 radical (unpaired) electrons. The van der Waals surface area contributed by atoms with Crippen molar-refractivity contribution in [1.82, 2.24) is 69.1 Å². The third-order valence-corrected chi connectivity index (χ3v) is 20.0. The van der Waals surface area contributed by atoms with Crippen molar-refractivity contribution in [3.8, 4) is 0 Å². The Morgan fingerprint density at radius 1 is 0.282 bits per heavy atom. The standard InChI is InChI=1S/C84H148N18O22/c1-18-20-21-22-23-24-25-26-67(107)90-57(37-44(3)4)77(116)95-56(31-36-68(108)109)73(112)92-55(30-35-66(88)106)76(115)101-70(49(13)14)83(122)98-61(41-48(11)12)80(119)94-54(29-34-65(87)105)75(114)100-62(43-124-69(110)42-51(17)19-2)82(121)102-71(50(15)16)84(123)99-60(40-47(9)10)79(118)93-53(28-33-64(86)104)74(113)96-59(39-46(7)8)81(120)97-58(38-45(5)6)78(117)91-52(72(89)111)27-32-63(85)103/h44-62,70-71H,18-43H2,1-17H3,(H2,85,103)(H2,86,104)(H2,87,105)(H2,88,106)(H2,89,111)(H,90,107)(H,91,117)(H,92,112)(H,93,118)(H,94,119)(H,95,116)(H,96,113)(H,97,120)(H,98,122)(H,99,123)(H,100,114)(H,101,115)(H,102,121)(H,108,109)/t51-,52+,53+,54-,55-,56+,57-,58-,59-,60+,61+,62+,70+,71+/m0/s1. The van der Waals surface area contributed by atoms with Gasteiger partial charge in [-0.15, -0.1) is 0 Å². The van der Waals surface area contributed by atoms with Crippen LogP contribution in [0.25, 0.3) is 0 Å². The summed E-state index contributed by atoms with van der Waals surface area (Å²) < 4.78 is 5.54. The topological polar surface area (TPSA) is 657 Å². The number of carbonyl (C=O) groups is 20. The molecule has 40 nitrogen and oxygen atoms in total. The van der Waals surface area contributed by atoms with Crippen molar-refractivity contribution in [3.63, 3.8) is 0 Å². The molecule has 24 N–H and O–H groups in total. The summed E-state index contributed by atoms with van der Waals surface area (Å²) in [5.74, 6) is -22.4. The number of hydrogen-bond donors (Lipinski definition) is 19. The zero-order valence-corrected chi connectivity index (χ0v) is 75.9. The molecule has 0 aliphatic rings. The molecular formula is C84H148N18O22. The Balaban J connectivity index is 7.49. The van der Waals surface area contributed by atoms with Crippen molar-refractivity contribution >= 4 is 118 Å². The lowest BCUT2D eigenvalue weighted by molar-refractivity contribution is -0.148. The van der Waals surface area contributed by atoms with E-state index in [-0.39, 0.29) is 87.4 Å². The van der Waals surface area contributed by atoms with Crippen LogP contribution in [0.2, 0.25) is 0 Å². The molecule has 124 heavy (non-hydrogen) atoms. The summed E-state index contributed by atoms with van der Waals surface area (Å²) in [7, 11) is 0. The predicted octanol–water partition coefficient (Wildman–Crippen LogP) is 0.364. The van der Waals surface area contributed by atoms with Crippen molar-refractivity contribution in [2.75, 3.05) is 6.61 Å². The van der Waals surface area contributed by atoms with Gasteiger partial charge < -0.3 is 108 Å². The fraction of sp³-hybridized carbons (Fsp3) is 0.762. The van der Waals surface area contributed by atoms with E-state index in [2.05, 4.69) is 76.0 Å². The Hall–Kier alpha value is -10.6. The molecule has 0 saturated carbocycles. The second-order valence-corrected chi connectivity index (χ2v) is 35.0. The van der Waals surface area contributed by atoms with E-state index >= 15 is 0 Å². The average Bonchev–Trinajstić information content (AvgIpc) is 0.814. The quantitative estimate of drug-likeness (QED) is 0.0289. The number of nitrogens with two attached hydrogens (primary N) is 5. The third kappa shape index (κ3) is 49.0. The van der Waals surface area contributed by atoms with Gasteiger partial charge in [-0.2, -0.15) is 0 Å². The second kappa shape index (κ2) is 60.1. The van der Waals surface area contributed by atoms with Crippen LogP contribution in [0.4, 0.5) is 0 Å². The molecule has 706 valence electrons. The molecule has 18 amide bonds. The lowest BCUT2D eigenvalue weighted by atomic mass is 9.98. The van der Waals surface area contributed by atoms with Gasteiger partial charge in [0, 0.05) is 44.9 Å². The SMILES string of the molecule is CCCCCCCCCC(=O)N[C@@H](CC(C)C)C(=O)N[C@H](CCC(=O)O)C(=O)N[C@@H](CCC(N)=O)C(=O)N[C@@H](C(=O)N[C@H](CC(C)C)C(=O)N[C@@H](CCC(N)=O)C(=O)N[C@H](COC(=O)C[C@@H](C)CC)C(=O)N[C@@H](C(=O)N[C@H](CC(C)C)C(=O)N[C@H](CCC(N)=O)C(=O)N[C@@H](CC(C)C)C(=O)N[C@@H](CC(C)C)C(=O)N[C@H](CCC(N)=O)C(N)=O)C(C)C)C(C)C. The molecule has 0 aromatic carbocycles. The van der Waals surface area contributed by atoms with Crippen molar-refractivity contribution in [2.24, 2.45) is 76.0 Å². The molecular weight excluding hydrogens is 1610 g/mol. The molecule has 0 unspecified atom stereocenters. The minimum atomic E-state index is -1.90. The van der Waals surface area contributed by atoms with Gasteiger partial charge in [-0.1, -0.05) is 163 Å². The van der Waals surface area contributed by atoms with Crippen molar-refractivity contribution in [2.45, 2.75) is 357 Å². The summed E-state index contributed by atoms with van der Waals surface area (Å²) in [4.78, 5) is 272. The van der Waals surface area contributed by atoms with Crippen LogP contribution in [0.5, 0.6) is 0 Å². The van der Waals surface area contributed by atoms with Gasteiger partial charge in [-0.25, -0.2) is 0 Å². The Morgan fingerprint density at radius 3 is 0.823 bits per heavy atom. The Kier molecular flexibility index (Phi) is 54.9. The number of esters is 1. The molecule has 0 heterocycles. The van der Waals surface area contributed by atoms with Crippen LogP contribution >= 0.6 is 0 Å². The van der Waals surface area contributed by atoms with Gasteiger partial charge in [0.2, 0.25) is 106 Å². The van der Waals surface area contributed by atoms with E-state index in [4.69, 9.17) is 33.4 Å². The van der Waals surface area contributed by atoms with Crippen LogP contribution < -0.4 is 97.8 Å². The smallest absolute Gasteiger partial charge is 0.306 e. The fourth-order valence-corrected chi connectivity index (χ4v) is 12.9. The number of aliphatic carboxylic acids is 1. The highest BCUT2D eigenvalue weighted by Crippen LogP contribution is 2.19. The summed E-state index contributed by atoms with van der Waals surface area (Å²) >= 11 is 0. The number of ether oxygens (including phenoxy) is 1. The van der Waals surface area contributed by atoms with Crippen molar-refractivity contribution in [3.05, 3.63) is 0 Å². The van der Waals surface area contributed by atoms with Crippen LogP contribution in [-0.2, 0) is 101 Å². The number of primary amides is 5. The number of rotatable bonds is 66. The number of hydrogen-bond acceptors (Lipinski definition) is 21. The van der Waals surface area contributed by atoms with E-state index in [0.29, 0.717) is 12.8 Å². The normalized spacial score (nSPS) is 14.8. The van der Waals surface area contributed by atoms with Crippen LogP contribution in [0.15, 0.2) is 0 Å². The summed E-state index contributed by atoms with van der Waals surface area (Å²) in [5, 5.41) is 43.0. The molecule has 0 aliphatic carbocycles. The molecule has 40 heteroatoms. The summed E-state index contributed by atoms with van der Waals surface area (Å²) in [5.41, 5.74) is 27.4. The van der Waals surface area contributed by atoms with Gasteiger partial charge in [0.1, 0.15) is 85.2 Å². The van der Waals surface area contributed by atoms with Crippen LogP contribution in [0.3, 0.4) is 0 Å². The van der Waals surface area contributed by atoms with Crippen molar-refractivity contribution < 1.29 is 106 Å². The minimum Gasteiger partial charge on any atom is -0.481 e. The van der Waals surface area contributed by atoms with Crippen LogP contribution in [0, 0.1) is 47.3 Å². The average molecular weight is 1760 g/mol. The van der Waals surface area contributed by atoms with Crippen LogP contribution in [0.1, 0.15) is 278 Å². The maximum Gasteiger partial charge on any atom is 0.306 e. The predicted molar refractivity (Wildman–Crippen MR) is 459 cm³/mol. The van der Waals surface area contributed by atoms with Gasteiger partial charge >= 0.3 is 11.9 Å². The summed E-state index contributed by atoms with van der Waals surface area (Å²) in [6.45, 7) is 28.2. The van der Waals surface area contributed by atoms with E-state index < -0.39 is 273 Å². The highest BCUT2D eigenvalue weighted by Gasteiger charge is 2.40. The summed E-state index contributed by atoms with van der Waals surface area (Å²) in [6, 6.07) is -20.0. The lowest BCUT2D eigenvalue weighted by Gasteiger charge is -2.30. The largest absolute Gasteiger partial charge is 0.481 e. The monoisotopic (exact) mass is 1760 g/mol. The highest BCUT2D eigenvalue weighted by atomic mass is 16.5. The maximum atomic E-state index is 14.8. The van der Waals surface area contributed by atoms with Gasteiger partial charge in [-0.3, -0.25) is 95.9 Å². The number of amides is 18. The highest BCUT2D eigenvalue weighted by molar-refractivity contribution is 6.01. The van der Waals surface area contributed by atoms with E-state index in [1.165, 1.54) is 27.7 Å². The second-order valence-electron chi connectivity index (χ2n) is 35.0. The summed E-state index contributed by atoms with van der Waals surface area (Å²) in [6.07, 6.45) is 2.25. The number of carboxylic acids is 1. The molecule has 0 spiro atoms. The molecule has 0 aromatic heterocycles. The first-order valence-corrected chi connectivity index (χ1v) is 43.6.